The van der Waals surface area contributed by atoms with E-state index in [2.05, 4.69) is 15.9 Å². The van der Waals surface area contributed by atoms with Gasteiger partial charge < -0.3 is 5.73 Å². The number of hydrogen-bond donors (Lipinski definition) is 1. The van der Waals surface area contributed by atoms with Crippen molar-refractivity contribution in [3.05, 3.63) is 32.7 Å². The molecule has 92 valence electrons. The van der Waals surface area contributed by atoms with Gasteiger partial charge in [-0.25, -0.2) is 4.79 Å². The van der Waals surface area contributed by atoms with E-state index in [0.717, 1.165) is 27.5 Å². The first kappa shape index (κ1) is 12.4. The van der Waals surface area contributed by atoms with E-state index in [1.807, 2.05) is 19.1 Å². The van der Waals surface area contributed by atoms with Crippen LogP contribution in [0.25, 0.3) is 11.0 Å². The smallest absolute Gasteiger partial charge is 0.324 e. The molecular formula is C12H16BrN3O. The molecule has 0 saturated heterocycles. The summed E-state index contributed by atoms with van der Waals surface area (Å²) >= 11 is 3.52. The van der Waals surface area contributed by atoms with Gasteiger partial charge in [-0.15, -0.1) is 0 Å². The lowest BCUT2D eigenvalue weighted by Gasteiger charge is -2.12. The van der Waals surface area contributed by atoms with Crippen LogP contribution in [0.2, 0.25) is 0 Å². The third kappa shape index (κ3) is 1.83. The van der Waals surface area contributed by atoms with E-state index in [1.54, 1.807) is 23.2 Å². The highest BCUT2D eigenvalue weighted by Gasteiger charge is 2.14. The second-order valence-electron chi connectivity index (χ2n) is 4.28. The molecule has 0 fully saturated rings. The normalized spacial score (nSPS) is 13.2. The van der Waals surface area contributed by atoms with E-state index in [1.165, 1.54) is 0 Å². The number of nitrogens with two attached hydrogens (primary N) is 1. The summed E-state index contributed by atoms with van der Waals surface area (Å²) in [4.78, 5) is 11.8. The van der Waals surface area contributed by atoms with Gasteiger partial charge in [0.2, 0.25) is 0 Å². The van der Waals surface area contributed by atoms with E-state index >= 15 is 0 Å². The fourth-order valence-corrected chi connectivity index (χ4v) is 2.67. The van der Waals surface area contributed by atoms with Crippen molar-refractivity contribution in [1.29, 1.82) is 0 Å². The van der Waals surface area contributed by atoms with Crippen LogP contribution in [0.5, 0.6) is 0 Å². The standard InChI is InChI=1S/C12H16BrN3O/c1-4-9(14)7-5-10-11(6-8(7)13)16(3)12(17)15(10)2/h5-6,9H,4,14H2,1-3H3/t9-/m0/s1. The third-order valence-electron chi connectivity index (χ3n) is 3.23. The number of hydrogen-bond acceptors (Lipinski definition) is 2. The zero-order valence-corrected chi connectivity index (χ0v) is 11.8. The maximum atomic E-state index is 11.8. The van der Waals surface area contributed by atoms with Gasteiger partial charge >= 0.3 is 5.69 Å². The Morgan fingerprint density at radius 2 is 1.82 bits per heavy atom. The highest BCUT2D eigenvalue weighted by molar-refractivity contribution is 9.10. The molecule has 5 heteroatoms. The van der Waals surface area contributed by atoms with Gasteiger partial charge in [-0.1, -0.05) is 22.9 Å². The molecule has 2 rings (SSSR count). The Balaban J connectivity index is 2.81. The lowest BCUT2D eigenvalue weighted by Crippen LogP contribution is -2.19. The fourth-order valence-electron chi connectivity index (χ4n) is 2.04. The second kappa shape index (κ2) is 4.31. The Morgan fingerprint density at radius 1 is 1.29 bits per heavy atom. The maximum absolute atomic E-state index is 11.8. The van der Waals surface area contributed by atoms with Crippen molar-refractivity contribution in [2.24, 2.45) is 19.8 Å². The molecule has 0 saturated carbocycles. The molecule has 0 amide bonds. The largest absolute Gasteiger partial charge is 0.328 e. The topological polar surface area (TPSA) is 52.9 Å². The number of imidazole rings is 1. The Labute approximate surface area is 108 Å². The quantitative estimate of drug-likeness (QED) is 0.922. The van der Waals surface area contributed by atoms with Crippen LogP contribution < -0.4 is 11.4 Å². The molecule has 0 aliphatic carbocycles. The number of nitrogens with zero attached hydrogens (tertiary/aromatic N) is 2. The monoisotopic (exact) mass is 297 g/mol. The molecule has 1 atom stereocenters. The van der Waals surface area contributed by atoms with Crippen LogP contribution in [0.3, 0.4) is 0 Å². The molecule has 4 nitrogen and oxygen atoms in total. The van der Waals surface area contributed by atoms with Crippen LogP contribution in [0, 0.1) is 0 Å². The van der Waals surface area contributed by atoms with E-state index in [9.17, 15) is 4.79 Å². The van der Waals surface area contributed by atoms with Crippen LogP contribution in [0.15, 0.2) is 21.4 Å². The van der Waals surface area contributed by atoms with Crippen LogP contribution in [0.4, 0.5) is 0 Å². The first-order valence-electron chi connectivity index (χ1n) is 5.57. The fraction of sp³-hybridized carbons (Fsp3) is 0.417. The van der Waals surface area contributed by atoms with Crippen molar-refractivity contribution >= 4 is 27.0 Å². The van der Waals surface area contributed by atoms with E-state index in [4.69, 9.17) is 5.73 Å². The molecule has 1 heterocycles. The van der Waals surface area contributed by atoms with Crippen LogP contribution >= 0.6 is 15.9 Å². The maximum Gasteiger partial charge on any atom is 0.328 e. The van der Waals surface area contributed by atoms with Crippen LogP contribution in [-0.2, 0) is 14.1 Å². The Kier molecular flexibility index (Phi) is 3.14. The summed E-state index contributed by atoms with van der Waals surface area (Å²) in [6, 6.07) is 3.94. The lowest BCUT2D eigenvalue weighted by molar-refractivity contribution is 0.696. The molecule has 1 aromatic carbocycles. The van der Waals surface area contributed by atoms with Crippen molar-refractivity contribution in [2.75, 3.05) is 0 Å². The molecule has 0 spiro atoms. The minimum atomic E-state index is -0.0193. The van der Waals surface area contributed by atoms with Crippen molar-refractivity contribution < 1.29 is 0 Å². The lowest BCUT2D eigenvalue weighted by atomic mass is 10.0. The minimum Gasteiger partial charge on any atom is -0.324 e. The molecule has 0 aliphatic heterocycles. The summed E-state index contributed by atoms with van der Waals surface area (Å²) in [5, 5.41) is 0. The average molecular weight is 298 g/mol. The van der Waals surface area contributed by atoms with Crippen LogP contribution in [0.1, 0.15) is 24.9 Å². The molecular weight excluding hydrogens is 282 g/mol. The molecule has 2 aromatic rings. The van der Waals surface area contributed by atoms with Gasteiger partial charge in [-0.3, -0.25) is 9.13 Å². The number of rotatable bonds is 2. The van der Waals surface area contributed by atoms with Gasteiger partial charge in [0.1, 0.15) is 0 Å². The zero-order chi connectivity index (χ0) is 12.7. The Bertz CT molecular complexity index is 627. The van der Waals surface area contributed by atoms with Gasteiger partial charge in [0.05, 0.1) is 11.0 Å². The van der Waals surface area contributed by atoms with Crippen LogP contribution in [-0.4, -0.2) is 9.13 Å². The number of halogens is 1. The molecule has 0 unspecified atom stereocenters. The Morgan fingerprint density at radius 3 is 2.35 bits per heavy atom. The van der Waals surface area contributed by atoms with E-state index in [0.29, 0.717) is 0 Å². The van der Waals surface area contributed by atoms with Gasteiger partial charge in [0.15, 0.2) is 0 Å². The van der Waals surface area contributed by atoms with E-state index < -0.39 is 0 Å². The summed E-state index contributed by atoms with van der Waals surface area (Å²) in [5.41, 5.74) is 8.91. The molecule has 0 bridgehead atoms. The van der Waals surface area contributed by atoms with Crippen molar-refractivity contribution in [3.8, 4) is 0 Å². The third-order valence-corrected chi connectivity index (χ3v) is 3.92. The predicted octanol–water partition coefficient (Wildman–Crippen LogP) is 2.05. The van der Waals surface area contributed by atoms with Crippen molar-refractivity contribution in [2.45, 2.75) is 19.4 Å². The van der Waals surface area contributed by atoms with Crippen molar-refractivity contribution in [3.63, 3.8) is 0 Å². The highest BCUT2D eigenvalue weighted by atomic mass is 79.9. The minimum absolute atomic E-state index is 0.0101. The first-order valence-corrected chi connectivity index (χ1v) is 6.37. The molecule has 1 aromatic heterocycles. The molecule has 0 aliphatic rings. The molecule has 0 radical (unpaired) electrons. The van der Waals surface area contributed by atoms with Crippen molar-refractivity contribution in [1.82, 2.24) is 9.13 Å². The molecule has 2 N–H and O–H groups in total. The predicted molar refractivity (Wildman–Crippen MR) is 73.1 cm³/mol. The summed E-state index contributed by atoms with van der Waals surface area (Å²) < 4.78 is 4.25. The van der Waals surface area contributed by atoms with Gasteiger partial charge in [0.25, 0.3) is 0 Å². The number of aromatic nitrogens is 2. The van der Waals surface area contributed by atoms with Gasteiger partial charge in [-0.05, 0) is 24.1 Å². The van der Waals surface area contributed by atoms with Gasteiger partial charge in [0, 0.05) is 24.6 Å². The zero-order valence-electron chi connectivity index (χ0n) is 10.2. The SMILES string of the molecule is CC[C@H](N)c1cc2c(cc1Br)n(C)c(=O)n2C. The summed E-state index contributed by atoms with van der Waals surface area (Å²) in [6.07, 6.45) is 0.866. The second-order valence-corrected chi connectivity index (χ2v) is 5.13. The summed E-state index contributed by atoms with van der Waals surface area (Å²) in [6.45, 7) is 2.05. The average Bonchev–Trinajstić information content (AvgIpc) is 2.53. The summed E-state index contributed by atoms with van der Waals surface area (Å²) in [7, 11) is 3.55. The first-order chi connectivity index (χ1) is 7.97. The number of benzene rings is 1. The summed E-state index contributed by atoms with van der Waals surface area (Å²) in [5.74, 6) is 0. The molecule has 17 heavy (non-hydrogen) atoms. The number of fused-ring (bicyclic) bond motifs is 1. The van der Waals surface area contributed by atoms with E-state index in [-0.39, 0.29) is 11.7 Å². The number of aryl methyl sites for hydroxylation is 2. The van der Waals surface area contributed by atoms with Gasteiger partial charge in [-0.2, -0.15) is 0 Å². The Hall–Kier alpha value is -1.07. The highest BCUT2D eigenvalue weighted by Crippen LogP contribution is 2.28.